The maximum Gasteiger partial charge on any atom is 0.305 e. The van der Waals surface area contributed by atoms with Crippen molar-refractivity contribution in [2.45, 2.75) is 39.5 Å². The Kier molecular flexibility index (Phi) is 6.80. The van der Waals surface area contributed by atoms with E-state index in [-0.39, 0.29) is 24.8 Å². The molecule has 0 saturated heterocycles. The van der Waals surface area contributed by atoms with E-state index in [4.69, 9.17) is 5.11 Å². The van der Waals surface area contributed by atoms with Crippen molar-refractivity contribution in [3.05, 3.63) is 0 Å². The molecule has 0 aromatic heterocycles. The molecular weight excluding hydrogens is 182 g/mol. The molecule has 0 fully saturated rings. The minimum absolute atomic E-state index is 0.00770. The van der Waals surface area contributed by atoms with Crippen molar-refractivity contribution in [3.63, 3.8) is 0 Å². The van der Waals surface area contributed by atoms with Crippen molar-refractivity contribution in [1.29, 1.82) is 0 Å². The number of carboxylic acids is 1. The highest BCUT2D eigenvalue weighted by Gasteiger charge is 2.11. The number of unbranched alkanes of at least 4 members (excludes halogenated alkanes) is 1. The van der Waals surface area contributed by atoms with Gasteiger partial charge in [-0.3, -0.25) is 9.59 Å². The van der Waals surface area contributed by atoms with Gasteiger partial charge in [-0.15, -0.1) is 0 Å². The van der Waals surface area contributed by atoms with E-state index in [1.807, 2.05) is 6.92 Å². The minimum atomic E-state index is -0.883. The lowest BCUT2D eigenvalue weighted by molar-refractivity contribution is -0.137. The summed E-state index contributed by atoms with van der Waals surface area (Å²) in [6.45, 7) is 4.17. The van der Waals surface area contributed by atoms with Crippen LogP contribution in [0.25, 0.3) is 0 Å². The third-order valence-electron chi connectivity index (χ3n) is 2.08. The average molecular weight is 201 g/mol. The Morgan fingerprint density at radius 1 is 1.43 bits per heavy atom. The van der Waals surface area contributed by atoms with Gasteiger partial charge in [0.05, 0.1) is 6.42 Å². The van der Waals surface area contributed by atoms with Crippen LogP contribution in [0.3, 0.4) is 0 Å². The Balaban J connectivity index is 3.56. The molecule has 0 aliphatic rings. The Hall–Kier alpha value is -1.06. The van der Waals surface area contributed by atoms with E-state index >= 15 is 0 Å². The molecule has 0 aliphatic heterocycles. The van der Waals surface area contributed by atoms with Gasteiger partial charge in [0, 0.05) is 12.5 Å². The second-order valence-electron chi connectivity index (χ2n) is 3.48. The lowest BCUT2D eigenvalue weighted by atomic mass is 10.0. The van der Waals surface area contributed by atoms with Crippen LogP contribution in [-0.2, 0) is 9.59 Å². The van der Waals surface area contributed by atoms with Gasteiger partial charge in [0.25, 0.3) is 0 Å². The molecule has 82 valence electrons. The zero-order valence-corrected chi connectivity index (χ0v) is 8.88. The van der Waals surface area contributed by atoms with Gasteiger partial charge in [-0.2, -0.15) is 0 Å². The van der Waals surface area contributed by atoms with Crippen LogP contribution in [0.5, 0.6) is 0 Å². The second-order valence-corrected chi connectivity index (χ2v) is 3.48. The van der Waals surface area contributed by atoms with E-state index < -0.39 is 5.97 Å². The van der Waals surface area contributed by atoms with Crippen molar-refractivity contribution < 1.29 is 14.7 Å². The highest BCUT2D eigenvalue weighted by atomic mass is 16.4. The molecule has 0 heterocycles. The SMILES string of the molecule is CCCCC(C)C(=O)NCCC(=O)O. The molecule has 0 bridgehead atoms. The summed E-state index contributed by atoms with van der Waals surface area (Å²) < 4.78 is 0. The quantitative estimate of drug-likeness (QED) is 0.654. The highest BCUT2D eigenvalue weighted by Crippen LogP contribution is 2.06. The number of hydrogen-bond acceptors (Lipinski definition) is 2. The summed E-state index contributed by atoms with van der Waals surface area (Å²) in [6, 6.07) is 0. The molecule has 1 unspecified atom stereocenters. The van der Waals surface area contributed by atoms with Gasteiger partial charge in [-0.1, -0.05) is 26.7 Å². The zero-order valence-electron chi connectivity index (χ0n) is 8.88. The van der Waals surface area contributed by atoms with Crippen LogP contribution in [0.1, 0.15) is 39.5 Å². The smallest absolute Gasteiger partial charge is 0.305 e. The number of carboxylic acid groups (broad SMARTS) is 1. The predicted molar refractivity (Wildman–Crippen MR) is 54.0 cm³/mol. The first-order valence-corrected chi connectivity index (χ1v) is 5.07. The molecule has 0 aromatic rings. The Morgan fingerprint density at radius 2 is 2.07 bits per heavy atom. The summed E-state index contributed by atoms with van der Waals surface area (Å²) in [5, 5.41) is 11.0. The first-order valence-electron chi connectivity index (χ1n) is 5.07. The fourth-order valence-electron chi connectivity index (χ4n) is 1.11. The Bertz CT molecular complexity index is 192. The normalized spacial score (nSPS) is 12.1. The molecule has 4 nitrogen and oxygen atoms in total. The molecule has 14 heavy (non-hydrogen) atoms. The number of aliphatic carboxylic acids is 1. The first-order chi connectivity index (χ1) is 6.57. The molecular formula is C10H19NO3. The van der Waals surface area contributed by atoms with Crippen molar-refractivity contribution in [1.82, 2.24) is 5.32 Å². The Labute approximate surface area is 84.7 Å². The molecule has 1 amide bonds. The van der Waals surface area contributed by atoms with Crippen molar-refractivity contribution in [3.8, 4) is 0 Å². The largest absolute Gasteiger partial charge is 0.481 e. The monoisotopic (exact) mass is 201 g/mol. The highest BCUT2D eigenvalue weighted by molar-refractivity contribution is 5.78. The summed E-state index contributed by atoms with van der Waals surface area (Å²) in [5.74, 6) is -0.935. The van der Waals surface area contributed by atoms with Gasteiger partial charge in [0.15, 0.2) is 0 Å². The first kappa shape index (κ1) is 12.9. The van der Waals surface area contributed by atoms with Crippen LogP contribution in [0.15, 0.2) is 0 Å². The van der Waals surface area contributed by atoms with Gasteiger partial charge < -0.3 is 10.4 Å². The zero-order chi connectivity index (χ0) is 11.0. The summed E-state index contributed by atoms with van der Waals surface area (Å²) >= 11 is 0. The fourth-order valence-corrected chi connectivity index (χ4v) is 1.11. The van der Waals surface area contributed by atoms with E-state index in [0.717, 1.165) is 19.3 Å². The van der Waals surface area contributed by atoms with E-state index in [2.05, 4.69) is 12.2 Å². The molecule has 0 rings (SSSR count). The van der Waals surface area contributed by atoms with Gasteiger partial charge in [0.1, 0.15) is 0 Å². The van der Waals surface area contributed by atoms with Gasteiger partial charge in [-0.05, 0) is 6.42 Å². The molecule has 0 aliphatic carbocycles. The number of nitrogens with one attached hydrogen (secondary N) is 1. The van der Waals surface area contributed by atoms with Gasteiger partial charge in [0.2, 0.25) is 5.91 Å². The minimum Gasteiger partial charge on any atom is -0.481 e. The third-order valence-corrected chi connectivity index (χ3v) is 2.08. The predicted octanol–water partition coefficient (Wildman–Crippen LogP) is 1.40. The lowest BCUT2D eigenvalue weighted by Crippen LogP contribution is -2.30. The number of carbonyl (C=O) groups is 2. The molecule has 2 N–H and O–H groups in total. The number of carbonyl (C=O) groups excluding carboxylic acids is 1. The second kappa shape index (κ2) is 7.35. The topological polar surface area (TPSA) is 66.4 Å². The Morgan fingerprint density at radius 3 is 2.57 bits per heavy atom. The number of amides is 1. The molecule has 0 spiro atoms. The molecule has 0 aromatic carbocycles. The van der Waals surface area contributed by atoms with Crippen molar-refractivity contribution >= 4 is 11.9 Å². The van der Waals surface area contributed by atoms with E-state index in [0.29, 0.717) is 0 Å². The third kappa shape index (κ3) is 6.46. The van der Waals surface area contributed by atoms with Crippen LogP contribution in [-0.4, -0.2) is 23.5 Å². The van der Waals surface area contributed by atoms with Crippen molar-refractivity contribution in [2.75, 3.05) is 6.54 Å². The van der Waals surface area contributed by atoms with E-state index in [9.17, 15) is 9.59 Å². The summed E-state index contributed by atoms with van der Waals surface area (Å²) in [5.41, 5.74) is 0. The fraction of sp³-hybridized carbons (Fsp3) is 0.800. The number of hydrogen-bond donors (Lipinski definition) is 2. The van der Waals surface area contributed by atoms with Crippen LogP contribution in [0.2, 0.25) is 0 Å². The maximum absolute atomic E-state index is 11.3. The summed E-state index contributed by atoms with van der Waals surface area (Å²) in [7, 11) is 0. The van der Waals surface area contributed by atoms with Crippen LogP contribution >= 0.6 is 0 Å². The van der Waals surface area contributed by atoms with Crippen molar-refractivity contribution in [2.24, 2.45) is 5.92 Å². The average Bonchev–Trinajstić information content (AvgIpc) is 2.13. The summed E-state index contributed by atoms with van der Waals surface area (Å²) in [4.78, 5) is 21.5. The lowest BCUT2D eigenvalue weighted by Gasteiger charge is -2.10. The van der Waals surface area contributed by atoms with Crippen LogP contribution in [0.4, 0.5) is 0 Å². The number of rotatable bonds is 7. The van der Waals surface area contributed by atoms with Gasteiger partial charge in [-0.25, -0.2) is 0 Å². The maximum atomic E-state index is 11.3. The van der Waals surface area contributed by atoms with Crippen LogP contribution < -0.4 is 5.32 Å². The van der Waals surface area contributed by atoms with Crippen LogP contribution in [0, 0.1) is 5.92 Å². The van der Waals surface area contributed by atoms with Gasteiger partial charge >= 0.3 is 5.97 Å². The summed E-state index contributed by atoms with van der Waals surface area (Å²) in [6.07, 6.45) is 2.97. The molecule has 0 radical (unpaired) electrons. The van der Waals surface area contributed by atoms with E-state index in [1.54, 1.807) is 0 Å². The molecule has 0 saturated carbocycles. The van der Waals surface area contributed by atoms with E-state index in [1.165, 1.54) is 0 Å². The standard InChI is InChI=1S/C10H19NO3/c1-3-4-5-8(2)10(14)11-7-6-9(12)13/h8H,3-7H2,1-2H3,(H,11,14)(H,12,13). The molecule has 1 atom stereocenters. The molecule has 4 heteroatoms.